The zero-order valence-corrected chi connectivity index (χ0v) is 20.0. The van der Waals surface area contributed by atoms with Gasteiger partial charge < -0.3 is 9.64 Å². The maximum absolute atomic E-state index is 13.4. The lowest BCUT2D eigenvalue weighted by Crippen LogP contribution is -2.38. The Kier molecular flexibility index (Phi) is 6.30. The van der Waals surface area contributed by atoms with Crippen molar-refractivity contribution in [3.8, 4) is 0 Å². The third-order valence-electron chi connectivity index (χ3n) is 6.46. The number of benzene rings is 3. The highest BCUT2D eigenvalue weighted by Crippen LogP contribution is 2.32. The van der Waals surface area contributed by atoms with E-state index in [0.717, 1.165) is 42.5 Å². The first kappa shape index (κ1) is 23.1. The van der Waals surface area contributed by atoms with E-state index in [1.54, 1.807) is 11.0 Å². The minimum atomic E-state index is -3.86. The van der Waals surface area contributed by atoms with E-state index in [4.69, 9.17) is 4.74 Å². The number of ether oxygens (including phenoxy) is 1. The first-order chi connectivity index (χ1) is 16.9. The fraction of sp³-hybridized carbons (Fsp3) is 0.259. The van der Waals surface area contributed by atoms with Crippen LogP contribution in [0, 0.1) is 0 Å². The zero-order chi connectivity index (χ0) is 24.4. The number of sulfonamides is 1. The van der Waals surface area contributed by atoms with Crippen molar-refractivity contribution in [3.63, 3.8) is 0 Å². The Morgan fingerprint density at radius 3 is 2.23 bits per heavy atom. The van der Waals surface area contributed by atoms with Crippen molar-refractivity contribution in [1.82, 2.24) is 0 Å². The van der Waals surface area contributed by atoms with Crippen LogP contribution in [0.15, 0.2) is 77.7 Å². The molecule has 5 rings (SSSR count). The average molecular weight is 491 g/mol. The maximum Gasteiger partial charge on any atom is 0.338 e. The van der Waals surface area contributed by atoms with Crippen LogP contribution in [-0.2, 0) is 32.4 Å². The highest BCUT2D eigenvalue weighted by atomic mass is 32.2. The van der Waals surface area contributed by atoms with Crippen LogP contribution >= 0.6 is 0 Å². The van der Waals surface area contributed by atoms with Crippen molar-refractivity contribution in [2.24, 2.45) is 0 Å². The molecular formula is C27H26N2O5S. The molecule has 0 fully saturated rings. The minimum absolute atomic E-state index is 0.0138. The first-order valence-electron chi connectivity index (χ1n) is 11.7. The number of aryl methyl sites for hydroxylation is 2. The molecule has 2 aliphatic heterocycles. The van der Waals surface area contributed by atoms with E-state index in [9.17, 15) is 18.0 Å². The molecule has 2 aliphatic rings. The Bertz CT molecular complexity index is 1390. The number of rotatable bonds is 5. The second-order valence-corrected chi connectivity index (χ2v) is 10.6. The second-order valence-electron chi connectivity index (χ2n) is 8.69. The quantitative estimate of drug-likeness (QED) is 0.506. The molecule has 180 valence electrons. The summed E-state index contributed by atoms with van der Waals surface area (Å²) in [6.07, 6.45) is 3.29. The van der Waals surface area contributed by atoms with Crippen LogP contribution in [0.25, 0.3) is 0 Å². The van der Waals surface area contributed by atoms with Gasteiger partial charge in [0.05, 0.1) is 16.1 Å². The van der Waals surface area contributed by atoms with Gasteiger partial charge in [-0.05, 0) is 67.1 Å². The first-order valence-corrected chi connectivity index (χ1v) is 13.2. The van der Waals surface area contributed by atoms with E-state index in [1.165, 1.54) is 28.6 Å². The van der Waals surface area contributed by atoms with Crippen molar-refractivity contribution in [2.75, 3.05) is 28.9 Å². The van der Waals surface area contributed by atoms with Crippen LogP contribution in [-0.4, -0.2) is 40.0 Å². The summed E-state index contributed by atoms with van der Waals surface area (Å²) < 4.78 is 33.5. The molecule has 3 aromatic carbocycles. The highest BCUT2D eigenvalue weighted by molar-refractivity contribution is 7.92. The van der Waals surface area contributed by atoms with Gasteiger partial charge in [-0.1, -0.05) is 42.5 Å². The van der Waals surface area contributed by atoms with Gasteiger partial charge in [0.2, 0.25) is 0 Å². The Hall–Kier alpha value is -3.65. The van der Waals surface area contributed by atoms with Crippen molar-refractivity contribution in [1.29, 1.82) is 0 Å². The molecule has 7 nitrogen and oxygen atoms in total. The van der Waals surface area contributed by atoms with E-state index in [1.807, 2.05) is 42.5 Å². The fourth-order valence-electron chi connectivity index (χ4n) is 4.74. The molecule has 0 saturated carbocycles. The van der Waals surface area contributed by atoms with Crippen molar-refractivity contribution in [2.45, 2.75) is 30.6 Å². The van der Waals surface area contributed by atoms with Crippen molar-refractivity contribution >= 4 is 33.3 Å². The molecule has 0 saturated heterocycles. The van der Waals surface area contributed by atoms with E-state index in [2.05, 4.69) is 0 Å². The Morgan fingerprint density at radius 2 is 1.46 bits per heavy atom. The molecule has 0 unspecified atom stereocenters. The molecule has 3 aromatic rings. The molecule has 0 spiro atoms. The number of para-hydroxylation sites is 2. The summed E-state index contributed by atoms with van der Waals surface area (Å²) in [7, 11) is -3.86. The van der Waals surface area contributed by atoms with E-state index >= 15 is 0 Å². The molecule has 0 aromatic heterocycles. The predicted molar refractivity (Wildman–Crippen MR) is 133 cm³/mol. The van der Waals surface area contributed by atoms with Gasteiger partial charge in [0, 0.05) is 18.8 Å². The number of anilines is 2. The summed E-state index contributed by atoms with van der Waals surface area (Å²) in [5, 5.41) is 0. The Morgan fingerprint density at radius 1 is 0.800 bits per heavy atom. The third-order valence-corrected chi connectivity index (χ3v) is 8.27. The van der Waals surface area contributed by atoms with Gasteiger partial charge in [0.1, 0.15) is 0 Å². The lowest BCUT2D eigenvalue weighted by Gasteiger charge is -2.30. The van der Waals surface area contributed by atoms with Gasteiger partial charge in [-0.2, -0.15) is 0 Å². The molecule has 0 bridgehead atoms. The molecular weight excluding hydrogens is 464 g/mol. The summed E-state index contributed by atoms with van der Waals surface area (Å²) in [4.78, 5) is 27.2. The summed E-state index contributed by atoms with van der Waals surface area (Å²) in [5.41, 5.74) is 3.67. The second kappa shape index (κ2) is 9.54. The van der Waals surface area contributed by atoms with Gasteiger partial charge >= 0.3 is 5.97 Å². The summed E-state index contributed by atoms with van der Waals surface area (Å²) >= 11 is 0. The number of esters is 1. The normalized spacial score (nSPS) is 15.2. The summed E-state index contributed by atoms with van der Waals surface area (Å²) in [6, 6.07) is 20.9. The van der Waals surface area contributed by atoms with Gasteiger partial charge in [0.15, 0.2) is 6.61 Å². The van der Waals surface area contributed by atoms with E-state index < -0.39 is 22.6 Å². The number of carbonyl (C=O) groups excluding carboxylic acids is 2. The lowest BCUT2D eigenvalue weighted by atomic mass is 10.0. The standard InChI is InChI=1S/C27H26N2O5S/c30-26(28-16-6-11-20-8-1-3-14-24(20)28)19-34-27(31)22-10-5-13-23(18-22)35(32,33)29-17-7-12-21-9-2-4-15-25(21)29/h1-5,8-10,13-15,18H,6-7,11-12,16-17,19H2. The SMILES string of the molecule is O=C(OCC(=O)N1CCCc2ccccc21)c1cccc(S(=O)(=O)N2CCCc3ccccc32)c1. The number of fused-ring (bicyclic) bond motifs is 2. The Balaban J connectivity index is 1.31. The van der Waals surface area contributed by atoms with Gasteiger partial charge in [0.25, 0.3) is 15.9 Å². The smallest absolute Gasteiger partial charge is 0.338 e. The molecule has 2 heterocycles. The zero-order valence-electron chi connectivity index (χ0n) is 19.2. The summed E-state index contributed by atoms with van der Waals surface area (Å²) in [6.45, 7) is 0.530. The minimum Gasteiger partial charge on any atom is -0.452 e. The molecule has 0 radical (unpaired) electrons. The summed E-state index contributed by atoms with van der Waals surface area (Å²) in [5.74, 6) is -1.04. The van der Waals surface area contributed by atoms with Crippen LogP contribution in [0.5, 0.6) is 0 Å². The van der Waals surface area contributed by atoms with Crippen LogP contribution in [0.3, 0.4) is 0 Å². The van der Waals surface area contributed by atoms with Crippen molar-refractivity contribution in [3.05, 3.63) is 89.5 Å². The molecule has 35 heavy (non-hydrogen) atoms. The van der Waals surface area contributed by atoms with Crippen LogP contribution in [0.1, 0.15) is 34.3 Å². The third kappa shape index (κ3) is 4.53. The monoisotopic (exact) mass is 490 g/mol. The highest BCUT2D eigenvalue weighted by Gasteiger charge is 2.30. The molecule has 1 amide bonds. The number of hydrogen-bond acceptors (Lipinski definition) is 5. The van der Waals surface area contributed by atoms with Crippen LogP contribution < -0.4 is 9.21 Å². The largest absolute Gasteiger partial charge is 0.452 e. The number of hydrogen-bond donors (Lipinski definition) is 0. The number of nitrogens with zero attached hydrogens (tertiary/aromatic N) is 2. The number of carbonyl (C=O) groups is 2. The van der Waals surface area contributed by atoms with E-state index in [-0.39, 0.29) is 16.4 Å². The lowest BCUT2D eigenvalue weighted by molar-refractivity contribution is -0.121. The molecule has 0 atom stereocenters. The van der Waals surface area contributed by atoms with Gasteiger partial charge in [-0.15, -0.1) is 0 Å². The number of amides is 1. The molecule has 0 N–H and O–H groups in total. The predicted octanol–water partition coefficient (Wildman–Crippen LogP) is 3.96. The van der Waals surface area contributed by atoms with Gasteiger partial charge in [-0.3, -0.25) is 9.10 Å². The van der Waals surface area contributed by atoms with E-state index in [0.29, 0.717) is 18.8 Å². The fourth-order valence-corrected chi connectivity index (χ4v) is 6.33. The Labute approximate surface area is 205 Å². The van der Waals surface area contributed by atoms with Crippen LogP contribution in [0.4, 0.5) is 11.4 Å². The topological polar surface area (TPSA) is 84.0 Å². The maximum atomic E-state index is 13.4. The van der Waals surface area contributed by atoms with Crippen LogP contribution in [0.2, 0.25) is 0 Å². The van der Waals surface area contributed by atoms with Crippen molar-refractivity contribution < 1.29 is 22.7 Å². The molecule has 8 heteroatoms. The van der Waals surface area contributed by atoms with Gasteiger partial charge in [-0.25, -0.2) is 13.2 Å². The molecule has 0 aliphatic carbocycles. The average Bonchev–Trinajstić information content (AvgIpc) is 2.91.